The SMILES string of the molecule is NC1=NC(c2ccccc2)(c2cccc(-c3cc(Cl)ccc3F)c2)C2=NCCCN12. The predicted molar refractivity (Wildman–Crippen MR) is 119 cm³/mol. The van der Waals surface area contributed by atoms with Gasteiger partial charge in [-0.25, -0.2) is 9.38 Å². The maximum atomic E-state index is 14.6. The summed E-state index contributed by atoms with van der Waals surface area (Å²) >= 11 is 6.14. The summed E-state index contributed by atoms with van der Waals surface area (Å²) in [6, 6.07) is 22.3. The van der Waals surface area contributed by atoms with Crippen molar-refractivity contribution in [1.29, 1.82) is 0 Å². The lowest BCUT2D eigenvalue weighted by molar-refractivity contribution is 0.531. The normalized spacial score (nSPS) is 20.5. The van der Waals surface area contributed by atoms with E-state index in [2.05, 4.69) is 0 Å². The number of rotatable bonds is 3. The Morgan fingerprint density at radius 3 is 2.60 bits per heavy atom. The number of halogens is 2. The number of aliphatic imine (C=N–C) groups is 2. The third kappa shape index (κ3) is 2.89. The van der Waals surface area contributed by atoms with E-state index in [1.54, 1.807) is 12.1 Å². The Balaban J connectivity index is 1.75. The Kier molecular flexibility index (Phi) is 4.55. The van der Waals surface area contributed by atoms with Crippen molar-refractivity contribution in [2.75, 3.05) is 13.1 Å². The number of guanidine groups is 1. The average molecular weight is 419 g/mol. The number of amidine groups is 1. The van der Waals surface area contributed by atoms with Gasteiger partial charge in [-0.1, -0.05) is 60.1 Å². The van der Waals surface area contributed by atoms with Crippen LogP contribution in [-0.4, -0.2) is 29.8 Å². The van der Waals surface area contributed by atoms with Crippen molar-refractivity contribution in [3.05, 3.63) is 94.8 Å². The van der Waals surface area contributed by atoms with Crippen molar-refractivity contribution in [3.8, 4) is 11.1 Å². The highest BCUT2D eigenvalue weighted by molar-refractivity contribution is 6.30. The van der Waals surface area contributed by atoms with Crippen molar-refractivity contribution in [3.63, 3.8) is 0 Å². The van der Waals surface area contributed by atoms with E-state index in [0.29, 0.717) is 16.5 Å². The maximum Gasteiger partial charge on any atom is 0.198 e. The van der Waals surface area contributed by atoms with Gasteiger partial charge in [0.1, 0.15) is 11.7 Å². The molecule has 1 unspecified atom stereocenters. The molecule has 30 heavy (non-hydrogen) atoms. The first kappa shape index (κ1) is 18.8. The Morgan fingerprint density at radius 1 is 0.967 bits per heavy atom. The Hall–Kier alpha value is -3.18. The van der Waals surface area contributed by atoms with Gasteiger partial charge in [0.25, 0.3) is 0 Å². The maximum absolute atomic E-state index is 14.6. The number of fused-ring (bicyclic) bond motifs is 1. The molecule has 2 aliphatic heterocycles. The fraction of sp³-hybridized carbons (Fsp3) is 0.167. The van der Waals surface area contributed by atoms with Crippen LogP contribution in [0, 0.1) is 5.82 Å². The second kappa shape index (κ2) is 7.26. The van der Waals surface area contributed by atoms with E-state index in [1.807, 2.05) is 59.5 Å². The van der Waals surface area contributed by atoms with Crippen LogP contribution in [0.4, 0.5) is 4.39 Å². The predicted octanol–water partition coefficient (Wildman–Crippen LogP) is 4.82. The van der Waals surface area contributed by atoms with Crippen LogP contribution >= 0.6 is 11.6 Å². The smallest absolute Gasteiger partial charge is 0.198 e. The fourth-order valence-electron chi connectivity index (χ4n) is 4.28. The van der Waals surface area contributed by atoms with Crippen LogP contribution in [0.5, 0.6) is 0 Å². The lowest BCUT2D eigenvalue weighted by Gasteiger charge is -2.33. The van der Waals surface area contributed by atoms with E-state index in [4.69, 9.17) is 27.3 Å². The second-order valence-corrected chi connectivity index (χ2v) is 7.90. The molecule has 4 nitrogen and oxygen atoms in total. The molecule has 0 aromatic heterocycles. The molecule has 1 atom stereocenters. The highest BCUT2D eigenvalue weighted by Crippen LogP contribution is 2.42. The lowest BCUT2D eigenvalue weighted by Crippen LogP contribution is -2.46. The van der Waals surface area contributed by atoms with Gasteiger partial charge in [-0.2, -0.15) is 0 Å². The summed E-state index contributed by atoms with van der Waals surface area (Å²) in [4.78, 5) is 11.8. The molecule has 6 heteroatoms. The first-order valence-corrected chi connectivity index (χ1v) is 10.3. The highest BCUT2D eigenvalue weighted by Gasteiger charge is 2.49. The summed E-state index contributed by atoms with van der Waals surface area (Å²) in [5, 5.41) is 0.487. The van der Waals surface area contributed by atoms with Crippen LogP contribution in [-0.2, 0) is 5.54 Å². The zero-order valence-corrected chi connectivity index (χ0v) is 17.0. The summed E-state index contributed by atoms with van der Waals surface area (Å²) in [5.41, 5.74) is 8.52. The van der Waals surface area contributed by atoms with Crippen molar-refractivity contribution >= 4 is 23.4 Å². The monoisotopic (exact) mass is 418 g/mol. The molecule has 0 bridgehead atoms. The third-order valence-electron chi connectivity index (χ3n) is 5.65. The molecule has 2 heterocycles. The van der Waals surface area contributed by atoms with Gasteiger partial charge >= 0.3 is 0 Å². The molecular formula is C24H20ClFN4. The summed E-state index contributed by atoms with van der Waals surface area (Å²) in [6.45, 7) is 1.51. The molecule has 0 amide bonds. The van der Waals surface area contributed by atoms with Crippen LogP contribution < -0.4 is 5.73 Å². The van der Waals surface area contributed by atoms with E-state index in [1.165, 1.54) is 6.07 Å². The third-order valence-corrected chi connectivity index (χ3v) is 5.89. The molecule has 3 aromatic carbocycles. The van der Waals surface area contributed by atoms with Crippen molar-refractivity contribution in [1.82, 2.24) is 4.90 Å². The lowest BCUT2D eigenvalue weighted by atomic mass is 9.81. The van der Waals surface area contributed by atoms with Gasteiger partial charge in [-0.05, 0) is 47.4 Å². The topological polar surface area (TPSA) is 54.0 Å². The second-order valence-electron chi connectivity index (χ2n) is 7.46. The minimum Gasteiger partial charge on any atom is -0.369 e. The summed E-state index contributed by atoms with van der Waals surface area (Å²) < 4.78 is 14.6. The van der Waals surface area contributed by atoms with E-state index >= 15 is 0 Å². The molecule has 0 radical (unpaired) electrons. The first-order valence-electron chi connectivity index (χ1n) is 9.89. The molecule has 2 aliphatic rings. The molecule has 0 saturated carbocycles. The number of nitrogens with two attached hydrogens (primary N) is 1. The summed E-state index contributed by atoms with van der Waals surface area (Å²) in [7, 11) is 0. The number of benzene rings is 3. The zero-order chi connectivity index (χ0) is 20.7. The first-order chi connectivity index (χ1) is 14.6. The van der Waals surface area contributed by atoms with Crippen LogP contribution in [0.1, 0.15) is 17.5 Å². The largest absolute Gasteiger partial charge is 0.369 e. The summed E-state index contributed by atoms with van der Waals surface area (Å²) in [5.74, 6) is 0.953. The van der Waals surface area contributed by atoms with Gasteiger partial charge in [0.05, 0.1) is 0 Å². The quantitative estimate of drug-likeness (QED) is 0.662. The van der Waals surface area contributed by atoms with Crippen LogP contribution in [0.2, 0.25) is 5.02 Å². The molecule has 0 spiro atoms. The van der Waals surface area contributed by atoms with Crippen molar-refractivity contribution < 1.29 is 4.39 Å². The van der Waals surface area contributed by atoms with E-state index in [0.717, 1.165) is 42.0 Å². The Labute approximate surface area is 179 Å². The molecule has 3 aromatic rings. The van der Waals surface area contributed by atoms with E-state index < -0.39 is 5.54 Å². The van der Waals surface area contributed by atoms with Gasteiger partial charge in [0, 0.05) is 23.7 Å². The van der Waals surface area contributed by atoms with E-state index in [9.17, 15) is 4.39 Å². The van der Waals surface area contributed by atoms with Crippen LogP contribution in [0.25, 0.3) is 11.1 Å². The number of nitrogens with zero attached hydrogens (tertiary/aromatic N) is 3. The molecule has 0 saturated heterocycles. The molecule has 5 rings (SSSR count). The van der Waals surface area contributed by atoms with Gasteiger partial charge < -0.3 is 5.73 Å². The average Bonchev–Trinajstić information content (AvgIpc) is 3.10. The van der Waals surface area contributed by atoms with Crippen molar-refractivity contribution in [2.45, 2.75) is 12.0 Å². The van der Waals surface area contributed by atoms with Crippen LogP contribution in [0.3, 0.4) is 0 Å². The molecule has 0 aliphatic carbocycles. The molecule has 0 fully saturated rings. The molecule has 150 valence electrons. The van der Waals surface area contributed by atoms with Crippen molar-refractivity contribution in [2.24, 2.45) is 15.7 Å². The molecule has 2 N–H and O–H groups in total. The standard InChI is InChI=1S/C24H20ClFN4/c25-19-10-11-21(26)20(15-19)16-6-4-9-18(14-16)24(17-7-2-1-3-8-17)22-28-12-5-13-30(22)23(27)29-24/h1-4,6-11,14-15H,5,12-13H2,(H2,27,29). The number of hydrogen-bond acceptors (Lipinski definition) is 4. The van der Waals surface area contributed by atoms with Crippen LogP contribution in [0.15, 0.2) is 82.8 Å². The Bertz CT molecular complexity index is 1170. The van der Waals surface area contributed by atoms with Gasteiger partial charge in [0.2, 0.25) is 0 Å². The minimum atomic E-state index is -0.864. The Morgan fingerprint density at radius 2 is 1.77 bits per heavy atom. The molecular weight excluding hydrogens is 399 g/mol. The highest BCUT2D eigenvalue weighted by atomic mass is 35.5. The van der Waals surface area contributed by atoms with Gasteiger partial charge in [0.15, 0.2) is 11.5 Å². The zero-order valence-electron chi connectivity index (χ0n) is 16.2. The number of hydrogen-bond donors (Lipinski definition) is 1. The summed E-state index contributed by atoms with van der Waals surface area (Å²) in [6.07, 6.45) is 0.929. The van der Waals surface area contributed by atoms with Gasteiger partial charge in [-0.15, -0.1) is 0 Å². The van der Waals surface area contributed by atoms with Gasteiger partial charge in [-0.3, -0.25) is 9.89 Å². The fourth-order valence-corrected chi connectivity index (χ4v) is 4.46. The van der Waals surface area contributed by atoms with E-state index in [-0.39, 0.29) is 5.82 Å². The minimum absolute atomic E-state index is 0.323.